The standard InChI is InChI=1S/C21H27N3O5S/c1-21(2,3)29-19(26)22-14-8-6-10-24(12-14)17-13(7-5-9-15(17)28-4)11-16-18(25)23-20(27)30-16/h5,7,9,11,14H,6,8,10,12H2,1-4H3,(H,22,26)(H,23,25,27). The van der Waals surface area contributed by atoms with E-state index in [0.29, 0.717) is 17.2 Å². The van der Waals surface area contributed by atoms with E-state index in [2.05, 4.69) is 15.5 Å². The number of benzene rings is 1. The molecule has 2 aliphatic rings. The Morgan fingerprint density at radius 3 is 2.73 bits per heavy atom. The number of anilines is 1. The third kappa shape index (κ3) is 5.47. The molecule has 1 unspecified atom stereocenters. The van der Waals surface area contributed by atoms with E-state index >= 15 is 0 Å². The number of amides is 3. The predicted molar refractivity (Wildman–Crippen MR) is 117 cm³/mol. The zero-order valence-electron chi connectivity index (χ0n) is 17.6. The van der Waals surface area contributed by atoms with Crippen LogP contribution >= 0.6 is 11.8 Å². The normalized spacial score (nSPS) is 20.9. The summed E-state index contributed by atoms with van der Waals surface area (Å²) in [4.78, 5) is 38.2. The lowest BCUT2D eigenvalue weighted by Crippen LogP contribution is -2.49. The van der Waals surface area contributed by atoms with Gasteiger partial charge < -0.3 is 19.7 Å². The van der Waals surface area contributed by atoms with E-state index in [-0.39, 0.29) is 11.3 Å². The molecular formula is C21H27N3O5S. The number of carbonyl (C=O) groups excluding carboxylic acids is 3. The molecule has 1 aromatic carbocycles. The van der Waals surface area contributed by atoms with Gasteiger partial charge in [-0.25, -0.2) is 4.79 Å². The van der Waals surface area contributed by atoms with Crippen LogP contribution in [0.25, 0.3) is 6.08 Å². The molecule has 0 saturated carbocycles. The highest BCUT2D eigenvalue weighted by Crippen LogP contribution is 2.37. The molecule has 2 aliphatic heterocycles. The molecule has 3 rings (SSSR count). The maximum absolute atomic E-state index is 12.2. The molecule has 2 saturated heterocycles. The number of carbonyl (C=O) groups is 3. The Bertz CT molecular complexity index is 878. The minimum atomic E-state index is -0.558. The molecule has 30 heavy (non-hydrogen) atoms. The summed E-state index contributed by atoms with van der Waals surface area (Å²) >= 11 is 0.880. The van der Waals surface area contributed by atoms with Gasteiger partial charge in [0.25, 0.3) is 11.1 Å². The highest BCUT2D eigenvalue weighted by atomic mass is 32.2. The van der Waals surface area contributed by atoms with Crippen LogP contribution in [0, 0.1) is 0 Å². The first-order valence-electron chi connectivity index (χ1n) is 9.82. The molecule has 0 bridgehead atoms. The van der Waals surface area contributed by atoms with Crippen molar-refractivity contribution in [2.24, 2.45) is 0 Å². The lowest BCUT2D eigenvalue weighted by Gasteiger charge is -2.36. The van der Waals surface area contributed by atoms with Crippen LogP contribution in [0.5, 0.6) is 5.75 Å². The fourth-order valence-electron chi connectivity index (χ4n) is 3.49. The molecule has 2 N–H and O–H groups in total. The van der Waals surface area contributed by atoms with Crippen LogP contribution in [-0.4, -0.2) is 49.1 Å². The van der Waals surface area contributed by atoms with Crippen molar-refractivity contribution in [1.29, 1.82) is 0 Å². The number of hydrogen-bond acceptors (Lipinski definition) is 7. The van der Waals surface area contributed by atoms with Gasteiger partial charge in [-0.15, -0.1) is 0 Å². The molecular weight excluding hydrogens is 406 g/mol. The van der Waals surface area contributed by atoms with Crippen molar-refractivity contribution in [3.8, 4) is 5.75 Å². The number of nitrogens with one attached hydrogen (secondary N) is 2. The lowest BCUT2D eigenvalue weighted by molar-refractivity contribution is -0.115. The maximum Gasteiger partial charge on any atom is 0.407 e. The molecule has 2 heterocycles. The Kier molecular flexibility index (Phi) is 6.60. The van der Waals surface area contributed by atoms with Gasteiger partial charge in [-0.2, -0.15) is 0 Å². The molecule has 9 heteroatoms. The molecule has 1 atom stereocenters. The van der Waals surface area contributed by atoms with Gasteiger partial charge >= 0.3 is 6.09 Å². The van der Waals surface area contributed by atoms with E-state index in [0.717, 1.165) is 42.4 Å². The van der Waals surface area contributed by atoms with Gasteiger partial charge in [0.2, 0.25) is 0 Å². The fourth-order valence-corrected chi connectivity index (χ4v) is 4.17. The number of thioether (sulfide) groups is 1. The van der Waals surface area contributed by atoms with Crippen LogP contribution in [-0.2, 0) is 9.53 Å². The number of piperidine rings is 1. The second-order valence-electron chi connectivity index (χ2n) is 8.18. The first kappa shape index (κ1) is 22.0. The highest BCUT2D eigenvalue weighted by Gasteiger charge is 2.29. The van der Waals surface area contributed by atoms with Crippen molar-refractivity contribution in [1.82, 2.24) is 10.6 Å². The van der Waals surface area contributed by atoms with Crippen molar-refractivity contribution >= 4 is 40.8 Å². The molecule has 3 amide bonds. The molecule has 162 valence electrons. The summed E-state index contributed by atoms with van der Waals surface area (Å²) in [5, 5.41) is 4.84. The molecule has 2 fully saturated rings. The highest BCUT2D eigenvalue weighted by molar-refractivity contribution is 8.18. The van der Waals surface area contributed by atoms with Crippen LogP contribution in [0.1, 0.15) is 39.2 Å². The summed E-state index contributed by atoms with van der Waals surface area (Å²) in [6.07, 6.45) is 2.98. The number of imide groups is 1. The van der Waals surface area contributed by atoms with Crippen molar-refractivity contribution in [2.45, 2.75) is 45.3 Å². The Labute approximate surface area is 180 Å². The fraction of sp³-hybridized carbons (Fsp3) is 0.476. The molecule has 0 aromatic heterocycles. The number of nitrogens with zero attached hydrogens (tertiary/aromatic N) is 1. The largest absolute Gasteiger partial charge is 0.495 e. The molecule has 0 aliphatic carbocycles. The van der Waals surface area contributed by atoms with Crippen LogP contribution < -0.4 is 20.3 Å². The summed E-state index contributed by atoms with van der Waals surface area (Å²) in [7, 11) is 1.59. The Morgan fingerprint density at radius 1 is 1.33 bits per heavy atom. The first-order chi connectivity index (χ1) is 14.2. The zero-order valence-corrected chi connectivity index (χ0v) is 18.4. The van der Waals surface area contributed by atoms with E-state index in [9.17, 15) is 14.4 Å². The number of hydrogen-bond donors (Lipinski definition) is 2. The van der Waals surface area contributed by atoms with Crippen molar-refractivity contribution in [3.63, 3.8) is 0 Å². The SMILES string of the molecule is COc1cccc(C=C2SC(=O)NC2=O)c1N1CCCC(NC(=O)OC(C)(C)C)C1. The predicted octanol–water partition coefficient (Wildman–Crippen LogP) is 3.51. The van der Waals surface area contributed by atoms with Crippen LogP contribution in [0.2, 0.25) is 0 Å². The van der Waals surface area contributed by atoms with E-state index in [1.54, 1.807) is 13.2 Å². The zero-order chi connectivity index (χ0) is 21.9. The topological polar surface area (TPSA) is 97.0 Å². The average molecular weight is 434 g/mol. The maximum atomic E-state index is 12.2. The van der Waals surface area contributed by atoms with Crippen LogP contribution in [0.15, 0.2) is 23.1 Å². The third-order valence-electron chi connectivity index (χ3n) is 4.64. The molecule has 8 nitrogen and oxygen atoms in total. The number of alkyl carbamates (subject to hydrolysis) is 1. The van der Waals surface area contributed by atoms with Gasteiger partial charge in [0.05, 0.1) is 17.7 Å². The molecule has 0 radical (unpaired) electrons. The quantitative estimate of drug-likeness (QED) is 0.701. The van der Waals surface area contributed by atoms with Gasteiger partial charge in [0.15, 0.2) is 0 Å². The Hall–Kier alpha value is -2.68. The lowest BCUT2D eigenvalue weighted by atomic mass is 10.0. The average Bonchev–Trinajstić information content (AvgIpc) is 2.97. The van der Waals surface area contributed by atoms with Crippen molar-refractivity contribution in [3.05, 3.63) is 28.7 Å². The summed E-state index contributed by atoms with van der Waals surface area (Å²) < 4.78 is 11.0. The minimum absolute atomic E-state index is 0.0789. The Balaban J connectivity index is 1.83. The van der Waals surface area contributed by atoms with E-state index in [1.165, 1.54) is 0 Å². The summed E-state index contributed by atoms with van der Waals surface area (Å²) in [5.74, 6) is 0.263. The number of ether oxygens (including phenoxy) is 2. The van der Waals surface area contributed by atoms with Crippen LogP contribution in [0.4, 0.5) is 15.3 Å². The van der Waals surface area contributed by atoms with Gasteiger partial charge in [-0.1, -0.05) is 12.1 Å². The van der Waals surface area contributed by atoms with Gasteiger partial charge in [0.1, 0.15) is 11.4 Å². The van der Waals surface area contributed by atoms with E-state index in [4.69, 9.17) is 9.47 Å². The molecule has 1 aromatic rings. The van der Waals surface area contributed by atoms with Crippen molar-refractivity contribution in [2.75, 3.05) is 25.1 Å². The third-order valence-corrected chi connectivity index (χ3v) is 5.45. The smallest absolute Gasteiger partial charge is 0.407 e. The minimum Gasteiger partial charge on any atom is -0.495 e. The second-order valence-corrected chi connectivity index (χ2v) is 9.20. The van der Waals surface area contributed by atoms with Crippen molar-refractivity contribution < 1.29 is 23.9 Å². The number of methoxy groups -OCH3 is 1. The number of para-hydroxylation sites is 1. The summed E-state index contributed by atoms with van der Waals surface area (Å²) in [5.41, 5.74) is 1.05. The molecule has 0 spiro atoms. The Morgan fingerprint density at radius 2 is 2.10 bits per heavy atom. The van der Waals surface area contributed by atoms with Gasteiger partial charge in [-0.3, -0.25) is 14.9 Å². The number of rotatable bonds is 4. The van der Waals surface area contributed by atoms with E-state index < -0.39 is 17.6 Å². The summed E-state index contributed by atoms with van der Waals surface area (Å²) in [6, 6.07) is 5.50. The second kappa shape index (κ2) is 8.99. The van der Waals surface area contributed by atoms with Crippen LogP contribution in [0.3, 0.4) is 0 Å². The van der Waals surface area contributed by atoms with Gasteiger partial charge in [0, 0.05) is 24.7 Å². The van der Waals surface area contributed by atoms with E-state index in [1.807, 2.05) is 39.0 Å². The monoisotopic (exact) mass is 433 g/mol. The summed E-state index contributed by atoms with van der Waals surface area (Å²) in [6.45, 7) is 6.85. The van der Waals surface area contributed by atoms with Gasteiger partial charge in [-0.05, 0) is 57.5 Å². The first-order valence-corrected chi connectivity index (χ1v) is 10.6.